The molecule has 0 rings (SSSR count). The van der Waals surface area contributed by atoms with Crippen molar-refractivity contribution in [2.45, 2.75) is 19.0 Å². The third-order valence-electron chi connectivity index (χ3n) is 0.636. The second-order valence-electron chi connectivity index (χ2n) is 1.24. The van der Waals surface area contributed by atoms with Crippen LogP contribution in [-0.2, 0) is 9.47 Å². The van der Waals surface area contributed by atoms with E-state index in [1.165, 1.54) is 0 Å². The van der Waals surface area contributed by atoms with E-state index in [1.54, 1.807) is 0 Å². The average molecular weight is 176 g/mol. The van der Waals surface area contributed by atoms with E-state index in [4.69, 9.17) is 9.47 Å². The number of ether oxygens (including phenoxy) is 2. The fraction of sp³-hybridized carbons (Fsp3) is 1.00. The molecule has 3 heteroatoms. The molecule has 0 amide bonds. The van der Waals surface area contributed by atoms with E-state index in [1.807, 2.05) is 30.4 Å². The molecule has 0 unspecified atom stereocenters. The molecule has 0 aromatic heterocycles. The topological polar surface area (TPSA) is 18.5 Å². The Bertz CT molecular complexity index is 43.7. The van der Waals surface area contributed by atoms with Crippen LogP contribution in [0.25, 0.3) is 0 Å². The van der Waals surface area contributed by atoms with Crippen molar-refractivity contribution in [3.63, 3.8) is 0 Å². The minimum atomic E-state index is -0.0370. The van der Waals surface area contributed by atoms with Crippen LogP contribution in [0.3, 0.4) is 0 Å². The van der Waals surface area contributed by atoms with Crippen LogP contribution in [0.2, 0.25) is 0 Å². The second-order valence-corrected chi connectivity index (χ2v) is 2.23. The van der Waals surface area contributed by atoms with Crippen molar-refractivity contribution in [1.82, 2.24) is 0 Å². The summed E-state index contributed by atoms with van der Waals surface area (Å²) in [5, 5.41) is -0.0370. The van der Waals surface area contributed by atoms with E-state index in [0.717, 1.165) is 13.2 Å². The van der Waals surface area contributed by atoms with Crippen LogP contribution in [0.4, 0.5) is 0 Å². The predicted molar refractivity (Wildman–Crippen MR) is 32.8 cm³/mol. The summed E-state index contributed by atoms with van der Waals surface area (Å²) in [5.41, 5.74) is 0. The first-order valence-electron chi connectivity index (χ1n) is 2.75. The van der Waals surface area contributed by atoms with E-state index in [2.05, 4.69) is 0 Å². The van der Waals surface area contributed by atoms with E-state index < -0.39 is 0 Å². The molecule has 0 saturated heterocycles. The van der Waals surface area contributed by atoms with Gasteiger partial charge in [-0.3, -0.25) is 0 Å². The summed E-state index contributed by atoms with van der Waals surface area (Å²) < 4.78 is 10.1. The molecule has 2 nitrogen and oxygen atoms in total. The van der Waals surface area contributed by atoms with Gasteiger partial charge in [-0.25, -0.2) is 0 Å². The van der Waals surface area contributed by atoms with Gasteiger partial charge in [0, 0.05) is 0 Å². The molecule has 0 saturated carbocycles. The Balaban J connectivity index is 2.92. The zero-order chi connectivity index (χ0) is 6.41. The first-order chi connectivity index (χ1) is 3.81. The van der Waals surface area contributed by atoms with Crippen molar-refractivity contribution < 1.29 is 9.47 Å². The summed E-state index contributed by atoms with van der Waals surface area (Å²) in [6, 6.07) is 0. The van der Waals surface area contributed by atoms with Crippen molar-refractivity contribution in [3.05, 3.63) is 0 Å². The van der Waals surface area contributed by atoms with Crippen molar-refractivity contribution >= 4 is 16.5 Å². The van der Waals surface area contributed by atoms with Crippen LogP contribution >= 0.6 is 0 Å². The van der Waals surface area contributed by atoms with Gasteiger partial charge in [-0.05, 0) is 0 Å². The van der Waals surface area contributed by atoms with E-state index in [0.29, 0.717) is 0 Å². The van der Waals surface area contributed by atoms with Crippen LogP contribution in [-0.4, -0.2) is 34.9 Å². The van der Waals surface area contributed by atoms with Crippen molar-refractivity contribution in [2.24, 2.45) is 0 Å². The van der Waals surface area contributed by atoms with Crippen LogP contribution in [0, 0.1) is 0 Å². The molecule has 0 aromatic carbocycles. The molecule has 3 radical (unpaired) electrons. The third-order valence-corrected chi connectivity index (χ3v) is 1.34. The van der Waals surface area contributed by atoms with Gasteiger partial charge in [0.2, 0.25) is 0 Å². The molecule has 0 bridgehead atoms. The van der Waals surface area contributed by atoms with Gasteiger partial charge in [0.05, 0.1) is 0 Å². The van der Waals surface area contributed by atoms with E-state index >= 15 is 0 Å². The van der Waals surface area contributed by atoms with E-state index in [9.17, 15) is 0 Å². The Labute approximate surface area is 58.8 Å². The molecule has 0 spiro atoms. The molecule has 47 valence electrons. The van der Waals surface area contributed by atoms with Gasteiger partial charge in [0.1, 0.15) is 0 Å². The van der Waals surface area contributed by atoms with Crippen LogP contribution in [0.5, 0.6) is 0 Å². The standard InChI is InChI=1S/C5H11GeO2/c1-3-7-5(6)8-4-2/h5H,3-4H2,1-2H3. The quantitative estimate of drug-likeness (QED) is 0.458. The average Bonchev–Trinajstić information content (AvgIpc) is 1.68. The van der Waals surface area contributed by atoms with Crippen molar-refractivity contribution in [3.8, 4) is 0 Å². The second kappa shape index (κ2) is 5.60. The maximum atomic E-state index is 5.06. The van der Waals surface area contributed by atoms with E-state index in [-0.39, 0.29) is 5.12 Å². The number of hydrogen-bond donors (Lipinski definition) is 0. The molecule has 0 N–H and O–H groups in total. The SMILES string of the molecule is CCO[CH]([Ge])OCC. The third kappa shape index (κ3) is 4.62. The van der Waals surface area contributed by atoms with Gasteiger partial charge in [-0.15, -0.1) is 0 Å². The van der Waals surface area contributed by atoms with Crippen LogP contribution in [0.15, 0.2) is 0 Å². The number of hydrogen-bond acceptors (Lipinski definition) is 2. The molecule has 8 heavy (non-hydrogen) atoms. The Morgan fingerprint density at radius 2 is 1.62 bits per heavy atom. The first kappa shape index (κ1) is 8.46. The molecular formula is C5H11GeO2. The van der Waals surface area contributed by atoms with Crippen LogP contribution < -0.4 is 0 Å². The van der Waals surface area contributed by atoms with Gasteiger partial charge in [-0.1, -0.05) is 0 Å². The van der Waals surface area contributed by atoms with Crippen molar-refractivity contribution in [2.75, 3.05) is 13.2 Å². The van der Waals surface area contributed by atoms with Crippen molar-refractivity contribution in [1.29, 1.82) is 0 Å². The monoisotopic (exact) mass is 177 g/mol. The molecular weight excluding hydrogens is 165 g/mol. The fourth-order valence-electron chi connectivity index (χ4n) is 0.351. The summed E-state index contributed by atoms with van der Waals surface area (Å²) in [5.74, 6) is 0. The number of rotatable bonds is 4. The van der Waals surface area contributed by atoms with Gasteiger partial charge in [0.15, 0.2) is 0 Å². The van der Waals surface area contributed by atoms with Gasteiger partial charge in [0.25, 0.3) is 0 Å². The summed E-state index contributed by atoms with van der Waals surface area (Å²) in [4.78, 5) is 0. The zero-order valence-electron chi connectivity index (χ0n) is 5.31. The predicted octanol–water partition coefficient (Wildman–Crippen LogP) is 0.511. The molecule has 0 fully saturated rings. The summed E-state index contributed by atoms with van der Waals surface area (Å²) >= 11 is 1.90. The Morgan fingerprint density at radius 1 is 1.25 bits per heavy atom. The minimum absolute atomic E-state index is 0.0370. The summed E-state index contributed by atoms with van der Waals surface area (Å²) in [6.07, 6.45) is 0. The Kier molecular flexibility index (Phi) is 5.92. The van der Waals surface area contributed by atoms with Crippen LogP contribution in [0.1, 0.15) is 13.8 Å². The fourth-order valence-corrected chi connectivity index (χ4v) is 1.05. The maximum absolute atomic E-state index is 5.06. The van der Waals surface area contributed by atoms with Gasteiger partial charge < -0.3 is 0 Å². The molecule has 0 aliphatic heterocycles. The van der Waals surface area contributed by atoms with Gasteiger partial charge >= 0.3 is 58.2 Å². The Morgan fingerprint density at radius 3 is 1.88 bits per heavy atom. The molecule has 0 atom stereocenters. The summed E-state index contributed by atoms with van der Waals surface area (Å²) in [7, 11) is 0. The zero-order valence-corrected chi connectivity index (χ0v) is 7.41. The molecule has 0 aromatic rings. The molecule has 0 heterocycles. The normalized spacial score (nSPS) is 10.5. The molecule has 0 aliphatic carbocycles. The molecule has 0 aliphatic rings. The Hall–Kier alpha value is 0.463. The first-order valence-corrected chi connectivity index (χ1v) is 3.96. The summed E-state index contributed by atoms with van der Waals surface area (Å²) in [6.45, 7) is 5.35. The van der Waals surface area contributed by atoms with Gasteiger partial charge in [-0.2, -0.15) is 0 Å².